The lowest BCUT2D eigenvalue weighted by Gasteiger charge is -2.50. The van der Waals surface area contributed by atoms with Crippen LogP contribution < -0.4 is 0 Å². The van der Waals surface area contributed by atoms with Gasteiger partial charge in [0.2, 0.25) is 9.84 Å². The third kappa shape index (κ3) is 8.47. The zero-order valence-electron chi connectivity index (χ0n) is 28.7. The third-order valence-corrected chi connectivity index (χ3v) is 16.7. The fourth-order valence-corrected chi connectivity index (χ4v) is 9.33. The Bertz CT molecular complexity index is 1560. The van der Waals surface area contributed by atoms with Gasteiger partial charge in [0.15, 0.2) is 13.8 Å². The van der Waals surface area contributed by atoms with Gasteiger partial charge in [-0.05, 0) is 41.4 Å². The summed E-state index contributed by atoms with van der Waals surface area (Å²) in [6, 6.07) is 28.8. The number of fused-ring (bicyclic) bond motifs is 1. The lowest BCUT2D eigenvalue weighted by molar-refractivity contribution is -0.257. The van der Waals surface area contributed by atoms with Gasteiger partial charge in [-0.1, -0.05) is 99.6 Å². The molecule has 6 rings (SSSR count). The van der Waals surface area contributed by atoms with E-state index < -0.39 is 29.7 Å². The number of ether oxygens (including phenoxy) is 5. The van der Waals surface area contributed by atoms with E-state index in [0.29, 0.717) is 39.1 Å². The van der Waals surface area contributed by atoms with Crippen LogP contribution in [0.1, 0.15) is 51.2 Å². The standard InChI is InChI=1S/C38H50O8SSi/c1-38(2,3)48(4,5)46-34-22-32-31(43-33(34)23-35-37(45-35)47(39,40)29-19-13-8-14-20-29)21-30(42-25-28-17-11-7-12-18-28)36(44-32)26-41-24-27-15-9-6-10-16-27/h6-20,30-37H,21-26H2,1-5H3/t30-,31+,32-,33-,34+,35?,36+,37?/m0/s1. The summed E-state index contributed by atoms with van der Waals surface area (Å²) >= 11 is 0. The SMILES string of the molecule is CC(C)(C)[Si](C)(C)O[C@@H]1C[C@@H]2O[C@H](COCc3ccccc3)[C@@H](OCc3ccccc3)C[C@H]2O[C@H]1CC1OC1S(=O)(=O)c1ccccc1. The van der Waals surface area contributed by atoms with Crippen molar-refractivity contribution in [2.24, 2.45) is 0 Å². The third-order valence-electron chi connectivity index (χ3n) is 10.2. The van der Waals surface area contributed by atoms with Gasteiger partial charge in [-0.15, -0.1) is 0 Å². The van der Waals surface area contributed by atoms with Crippen molar-refractivity contribution in [3.05, 3.63) is 102 Å². The first-order chi connectivity index (χ1) is 22.9. The van der Waals surface area contributed by atoms with Gasteiger partial charge in [0.25, 0.3) is 0 Å². The normalized spacial score (nSPS) is 29.3. The van der Waals surface area contributed by atoms with Crippen LogP contribution in [0.15, 0.2) is 95.9 Å². The Hall–Kier alpha value is -2.41. The Labute approximate surface area is 287 Å². The maximum atomic E-state index is 13.3. The van der Waals surface area contributed by atoms with Gasteiger partial charge in [-0.2, -0.15) is 0 Å². The Kier molecular flexibility index (Phi) is 10.9. The predicted molar refractivity (Wildman–Crippen MR) is 187 cm³/mol. The second-order valence-electron chi connectivity index (χ2n) is 14.8. The molecule has 3 fully saturated rings. The molecule has 48 heavy (non-hydrogen) atoms. The molecular weight excluding hydrogens is 645 g/mol. The summed E-state index contributed by atoms with van der Waals surface area (Å²) < 4.78 is 65.9. The van der Waals surface area contributed by atoms with Crippen LogP contribution in [0.2, 0.25) is 18.1 Å². The Morgan fingerprint density at radius 3 is 1.85 bits per heavy atom. The Morgan fingerprint density at radius 1 is 0.708 bits per heavy atom. The molecule has 3 aliphatic rings. The number of hydrogen-bond donors (Lipinski definition) is 0. The minimum absolute atomic E-state index is 0.0126. The molecule has 0 amide bonds. The summed E-state index contributed by atoms with van der Waals surface area (Å²) in [4.78, 5) is 0.274. The summed E-state index contributed by atoms with van der Waals surface area (Å²) in [7, 11) is -5.82. The maximum absolute atomic E-state index is 13.3. The second kappa shape index (κ2) is 14.8. The molecule has 0 aliphatic carbocycles. The number of rotatable bonds is 13. The van der Waals surface area contributed by atoms with Gasteiger partial charge in [0.05, 0.1) is 55.2 Å². The Morgan fingerprint density at radius 2 is 1.25 bits per heavy atom. The first-order valence-electron chi connectivity index (χ1n) is 17.1. The molecule has 0 radical (unpaired) electrons. The van der Waals surface area contributed by atoms with Crippen molar-refractivity contribution in [3.63, 3.8) is 0 Å². The van der Waals surface area contributed by atoms with E-state index in [1.807, 2.05) is 42.5 Å². The molecular formula is C38H50O8SSi. The highest BCUT2D eigenvalue weighted by Crippen LogP contribution is 2.44. The van der Waals surface area contributed by atoms with Crippen LogP contribution in [0.5, 0.6) is 0 Å². The van der Waals surface area contributed by atoms with Crippen molar-refractivity contribution in [2.45, 2.75) is 124 Å². The minimum atomic E-state index is -3.61. The van der Waals surface area contributed by atoms with Gasteiger partial charge in [-0.25, -0.2) is 8.42 Å². The van der Waals surface area contributed by atoms with E-state index in [9.17, 15) is 8.42 Å². The number of sulfone groups is 1. The van der Waals surface area contributed by atoms with Crippen LogP contribution in [0.25, 0.3) is 0 Å². The molecule has 3 saturated heterocycles. The van der Waals surface area contributed by atoms with Crippen LogP contribution in [0.3, 0.4) is 0 Å². The molecule has 3 aliphatic heterocycles. The van der Waals surface area contributed by atoms with E-state index in [1.165, 1.54) is 0 Å². The van der Waals surface area contributed by atoms with E-state index in [4.69, 9.17) is 28.1 Å². The zero-order valence-corrected chi connectivity index (χ0v) is 30.5. The van der Waals surface area contributed by atoms with E-state index in [2.05, 4.69) is 58.1 Å². The largest absolute Gasteiger partial charge is 0.411 e. The molecule has 8 atom stereocenters. The van der Waals surface area contributed by atoms with Gasteiger partial charge in [0.1, 0.15) is 12.2 Å². The highest BCUT2D eigenvalue weighted by molar-refractivity contribution is 7.92. The quantitative estimate of drug-likeness (QED) is 0.139. The molecule has 260 valence electrons. The molecule has 2 unspecified atom stereocenters. The number of benzene rings is 3. The summed E-state index contributed by atoms with van der Waals surface area (Å²) in [6.07, 6.45) is -0.319. The fourth-order valence-electron chi connectivity index (χ4n) is 6.37. The van der Waals surface area contributed by atoms with Gasteiger partial charge in [0, 0.05) is 19.3 Å². The molecule has 0 bridgehead atoms. The molecule has 3 aromatic carbocycles. The topological polar surface area (TPSA) is 92.8 Å². The van der Waals surface area contributed by atoms with E-state index in [1.54, 1.807) is 24.3 Å². The molecule has 0 N–H and O–H groups in total. The van der Waals surface area contributed by atoms with Crippen molar-refractivity contribution < 1.29 is 36.5 Å². The molecule has 3 aromatic rings. The molecule has 3 heterocycles. The molecule has 8 nitrogen and oxygen atoms in total. The van der Waals surface area contributed by atoms with Crippen molar-refractivity contribution in [3.8, 4) is 0 Å². The number of epoxide rings is 1. The first kappa shape index (κ1) is 35.4. The van der Waals surface area contributed by atoms with Gasteiger partial charge in [-0.3, -0.25) is 0 Å². The average Bonchev–Trinajstić information content (AvgIpc) is 3.85. The van der Waals surface area contributed by atoms with Crippen LogP contribution in [-0.4, -0.2) is 71.5 Å². The van der Waals surface area contributed by atoms with Crippen LogP contribution in [0, 0.1) is 0 Å². The highest BCUT2D eigenvalue weighted by Gasteiger charge is 2.55. The maximum Gasteiger partial charge on any atom is 0.207 e. The first-order valence-corrected chi connectivity index (χ1v) is 21.6. The van der Waals surface area contributed by atoms with Crippen molar-refractivity contribution in [1.29, 1.82) is 0 Å². The van der Waals surface area contributed by atoms with Crippen molar-refractivity contribution >= 4 is 18.2 Å². The summed E-state index contributed by atoms with van der Waals surface area (Å²) in [5.41, 5.74) is 1.31. The monoisotopic (exact) mass is 694 g/mol. The minimum Gasteiger partial charge on any atom is -0.411 e. The van der Waals surface area contributed by atoms with E-state index >= 15 is 0 Å². The fraction of sp³-hybridized carbons (Fsp3) is 0.526. The Balaban J connectivity index is 1.18. The van der Waals surface area contributed by atoms with Crippen LogP contribution in [0.4, 0.5) is 0 Å². The second-order valence-corrected chi connectivity index (χ2v) is 21.6. The van der Waals surface area contributed by atoms with Gasteiger partial charge >= 0.3 is 0 Å². The summed E-state index contributed by atoms with van der Waals surface area (Å²) in [6.45, 7) is 12.5. The zero-order chi connectivity index (χ0) is 33.9. The smallest absolute Gasteiger partial charge is 0.207 e. The highest BCUT2D eigenvalue weighted by atomic mass is 32.2. The molecule has 0 saturated carbocycles. The molecule has 10 heteroatoms. The van der Waals surface area contributed by atoms with Crippen molar-refractivity contribution in [2.75, 3.05) is 6.61 Å². The predicted octanol–water partition coefficient (Wildman–Crippen LogP) is 7.08. The van der Waals surface area contributed by atoms with E-state index in [0.717, 1.165) is 11.1 Å². The van der Waals surface area contributed by atoms with Gasteiger partial charge < -0.3 is 28.1 Å². The lowest BCUT2D eigenvalue weighted by atomic mass is 9.89. The van der Waals surface area contributed by atoms with Crippen LogP contribution >= 0.6 is 0 Å². The molecule has 0 spiro atoms. The summed E-state index contributed by atoms with van der Waals surface area (Å²) in [5.74, 6) is 0. The summed E-state index contributed by atoms with van der Waals surface area (Å²) in [5, 5.41) is -0.0126. The average molecular weight is 695 g/mol. The molecule has 0 aromatic heterocycles. The van der Waals surface area contributed by atoms with E-state index in [-0.39, 0.29) is 46.6 Å². The number of hydrogen-bond acceptors (Lipinski definition) is 8. The lowest BCUT2D eigenvalue weighted by Crippen LogP contribution is -2.59. The van der Waals surface area contributed by atoms with Crippen molar-refractivity contribution in [1.82, 2.24) is 0 Å². The van der Waals surface area contributed by atoms with Crippen LogP contribution in [-0.2, 0) is 51.2 Å².